The number of carbonyl (C=O) groups excluding carboxylic acids is 1. The van der Waals surface area contributed by atoms with E-state index in [9.17, 15) is 18.3 Å². The monoisotopic (exact) mass is 902 g/mol. The van der Waals surface area contributed by atoms with E-state index in [4.69, 9.17) is 27.9 Å². The molecule has 0 spiro atoms. The Morgan fingerprint density at radius 2 is 1.68 bits per heavy atom. The van der Waals surface area contributed by atoms with Gasteiger partial charge in [0.1, 0.15) is 27.7 Å². The number of aromatic nitrogens is 3. The lowest BCUT2D eigenvalue weighted by atomic mass is 9.72. The Kier molecular flexibility index (Phi) is 12.5. The molecule has 15 heteroatoms. The molecule has 4 heterocycles. The molecule has 8 rings (SSSR count). The largest absolute Gasteiger partial charge is 0.455 e. The molecular formula is C47H53Cl2FN6O5S. The second-order valence-electron chi connectivity index (χ2n) is 18.2. The zero-order valence-corrected chi connectivity index (χ0v) is 37.6. The van der Waals surface area contributed by atoms with Crippen LogP contribution in [0.15, 0.2) is 89.7 Å². The number of hydrogen-bond acceptors (Lipinski definition) is 9. The zero-order valence-electron chi connectivity index (χ0n) is 35.3. The second kappa shape index (κ2) is 17.6. The number of sulfonamides is 1. The third kappa shape index (κ3) is 10.3. The van der Waals surface area contributed by atoms with Crippen LogP contribution in [0.1, 0.15) is 93.8 Å². The van der Waals surface area contributed by atoms with Gasteiger partial charge in [-0.15, -0.1) is 0 Å². The molecule has 62 heavy (non-hydrogen) atoms. The maximum absolute atomic E-state index is 15.5. The highest BCUT2D eigenvalue weighted by Gasteiger charge is 2.39. The quantitative estimate of drug-likeness (QED) is 0.112. The number of fused-ring (bicyclic) bond motifs is 1. The van der Waals surface area contributed by atoms with Gasteiger partial charge >= 0.3 is 0 Å². The number of aromatic amines is 1. The van der Waals surface area contributed by atoms with E-state index in [2.05, 4.69) is 55.5 Å². The lowest BCUT2D eigenvalue weighted by Gasteiger charge is -2.39. The Bertz CT molecular complexity index is 2600. The minimum atomic E-state index is -4.44. The molecule has 1 aliphatic heterocycles. The molecule has 3 aromatic heterocycles. The van der Waals surface area contributed by atoms with Crippen molar-refractivity contribution in [2.75, 3.05) is 37.6 Å². The first-order chi connectivity index (χ1) is 29.4. The number of nitrogens with one attached hydrogen (secondary N) is 2. The highest BCUT2D eigenvalue weighted by atomic mass is 35.5. The molecule has 11 nitrogen and oxygen atoms in total. The van der Waals surface area contributed by atoms with E-state index in [-0.39, 0.29) is 52.3 Å². The zero-order chi connectivity index (χ0) is 43.9. The lowest BCUT2D eigenvalue weighted by Crippen LogP contribution is -2.47. The highest BCUT2D eigenvalue weighted by molar-refractivity contribution is 7.90. The third-order valence-corrected chi connectivity index (χ3v) is 14.7. The first kappa shape index (κ1) is 44.1. The Labute approximate surface area is 372 Å². The SMILES string of the molecule is CC1(C)CCC(CN2CCN(c3ccc(C(=O)NS(=O)(=O)c4cnc(CCC5(F)CCC(C)(O)CC5)c(Cl)c4)c(Oc4cnc5[nH]ccc5c4)c3)CC2)=C(c2ccc(Cl)cc2)C1. The van der Waals surface area contributed by atoms with Crippen LogP contribution in [0.2, 0.25) is 10.0 Å². The Balaban J connectivity index is 0.977. The number of carbonyl (C=O) groups is 1. The summed E-state index contributed by atoms with van der Waals surface area (Å²) in [5.41, 5.74) is 3.87. The third-order valence-electron chi connectivity index (χ3n) is 12.8. The van der Waals surface area contributed by atoms with Crippen molar-refractivity contribution in [2.45, 2.75) is 94.7 Å². The smallest absolute Gasteiger partial charge is 0.268 e. The normalized spacial score (nSPS) is 22.2. The van der Waals surface area contributed by atoms with Crippen LogP contribution in [0.3, 0.4) is 0 Å². The number of amides is 1. The molecule has 2 aliphatic carbocycles. The molecule has 5 aromatic rings. The average molecular weight is 904 g/mol. The maximum Gasteiger partial charge on any atom is 0.268 e. The van der Waals surface area contributed by atoms with Gasteiger partial charge in [0, 0.05) is 67.3 Å². The molecular weight excluding hydrogens is 851 g/mol. The van der Waals surface area contributed by atoms with Crippen molar-refractivity contribution in [1.82, 2.24) is 24.6 Å². The van der Waals surface area contributed by atoms with E-state index in [1.807, 2.05) is 18.2 Å². The van der Waals surface area contributed by atoms with Crippen molar-refractivity contribution in [1.29, 1.82) is 0 Å². The predicted octanol–water partition coefficient (Wildman–Crippen LogP) is 9.93. The summed E-state index contributed by atoms with van der Waals surface area (Å²) < 4.78 is 51.2. The van der Waals surface area contributed by atoms with Crippen molar-refractivity contribution in [2.24, 2.45) is 5.41 Å². The number of H-pyrrole nitrogens is 1. The summed E-state index contributed by atoms with van der Waals surface area (Å²) in [5.74, 6) is -0.371. The van der Waals surface area contributed by atoms with E-state index >= 15 is 4.39 Å². The predicted molar refractivity (Wildman–Crippen MR) is 242 cm³/mol. The van der Waals surface area contributed by atoms with Gasteiger partial charge in [-0.25, -0.2) is 22.5 Å². The average Bonchev–Trinajstić information content (AvgIpc) is 3.71. The van der Waals surface area contributed by atoms with Crippen molar-refractivity contribution in [3.05, 3.63) is 112 Å². The van der Waals surface area contributed by atoms with Crippen LogP contribution >= 0.6 is 23.2 Å². The number of aliphatic hydroxyl groups is 1. The number of halogens is 3. The maximum atomic E-state index is 15.5. The number of rotatable bonds is 12. The minimum Gasteiger partial charge on any atom is -0.455 e. The van der Waals surface area contributed by atoms with E-state index in [1.54, 1.807) is 43.6 Å². The van der Waals surface area contributed by atoms with Crippen LogP contribution in [0.4, 0.5) is 10.1 Å². The molecule has 328 valence electrons. The van der Waals surface area contributed by atoms with Gasteiger partial charge in [0.15, 0.2) is 0 Å². The number of benzene rings is 2. The molecule has 1 saturated heterocycles. The molecule has 3 aliphatic rings. The number of allylic oxidation sites excluding steroid dienone is 1. The molecule has 2 aromatic carbocycles. The number of nitrogens with zero attached hydrogens (tertiary/aromatic N) is 4. The Morgan fingerprint density at radius 1 is 0.935 bits per heavy atom. The number of anilines is 1. The molecule has 0 bridgehead atoms. The van der Waals surface area contributed by atoms with Gasteiger partial charge in [0.2, 0.25) is 0 Å². The number of piperazine rings is 1. The van der Waals surface area contributed by atoms with Crippen LogP contribution in [-0.2, 0) is 16.4 Å². The van der Waals surface area contributed by atoms with Crippen molar-refractivity contribution >= 4 is 61.4 Å². The molecule has 0 unspecified atom stereocenters. The van der Waals surface area contributed by atoms with Gasteiger partial charge in [-0.3, -0.25) is 14.7 Å². The van der Waals surface area contributed by atoms with E-state index < -0.39 is 27.2 Å². The second-order valence-corrected chi connectivity index (χ2v) is 20.8. The summed E-state index contributed by atoms with van der Waals surface area (Å²) in [7, 11) is -4.44. The first-order valence-corrected chi connectivity index (χ1v) is 23.5. The number of alkyl halides is 1. The molecule has 0 radical (unpaired) electrons. The van der Waals surface area contributed by atoms with Crippen LogP contribution in [0, 0.1) is 5.41 Å². The van der Waals surface area contributed by atoms with Crippen molar-refractivity contribution in [3.8, 4) is 11.5 Å². The first-order valence-electron chi connectivity index (χ1n) is 21.3. The number of aryl methyl sites for hydroxylation is 1. The topological polar surface area (TPSA) is 141 Å². The van der Waals surface area contributed by atoms with Crippen molar-refractivity contribution < 1.29 is 27.4 Å². The van der Waals surface area contributed by atoms with Gasteiger partial charge in [-0.2, -0.15) is 0 Å². The van der Waals surface area contributed by atoms with Crippen LogP contribution in [0.5, 0.6) is 11.5 Å². The van der Waals surface area contributed by atoms with Gasteiger partial charge < -0.3 is 19.7 Å². The summed E-state index contributed by atoms with van der Waals surface area (Å²) in [6, 6.07) is 18.2. The van der Waals surface area contributed by atoms with E-state index in [0.29, 0.717) is 29.9 Å². The highest BCUT2D eigenvalue weighted by Crippen LogP contribution is 2.44. The summed E-state index contributed by atoms with van der Waals surface area (Å²) in [4.78, 5) is 30.1. The summed E-state index contributed by atoms with van der Waals surface area (Å²) in [5, 5.41) is 11.8. The van der Waals surface area contributed by atoms with E-state index in [0.717, 1.165) is 74.3 Å². The summed E-state index contributed by atoms with van der Waals surface area (Å²) in [6.07, 6.45) is 9.14. The van der Waals surface area contributed by atoms with Crippen LogP contribution in [0.25, 0.3) is 16.6 Å². The summed E-state index contributed by atoms with van der Waals surface area (Å²) >= 11 is 12.7. The van der Waals surface area contributed by atoms with Crippen molar-refractivity contribution in [3.63, 3.8) is 0 Å². The fourth-order valence-corrected chi connectivity index (χ4v) is 10.2. The van der Waals surface area contributed by atoms with E-state index in [1.165, 1.54) is 22.8 Å². The standard InChI is InChI=1S/C47H53Cl2FN6O5S/c1-45(2)13-10-33(39(27-45)31-4-6-34(48)7-5-31)30-55-20-22-56(23-21-55)35-8-9-38(42(25-35)61-36-24-32-12-19-51-43(32)53-28-36)44(57)54-62(59,60)37-26-40(49)41(52-29-37)11-14-47(50)17-15-46(3,58)16-18-47/h4-9,12,19,24-26,28-29,58H,10-11,13-18,20-23,27,30H2,1-3H3,(H,51,53)(H,54,57). The molecule has 1 saturated carbocycles. The van der Waals surface area contributed by atoms with Crippen LogP contribution in [-0.4, -0.2) is 83.3 Å². The number of pyridine rings is 2. The van der Waals surface area contributed by atoms with Gasteiger partial charge in [0.25, 0.3) is 15.9 Å². The molecule has 1 amide bonds. The van der Waals surface area contributed by atoms with Gasteiger partial charge in [-0.1, -0.05) is 54.8 Å². The van der Waals surface area contributed by atoms with Gasteiger partial charge in [-0.05, 0) is 124 Å². The fraction of sp³-hybridized carbons (Fsp3) is 0.426. The Hall–Kier alpha value is -4.53. The lowest BCUT2D eigenvalue weighted by molar-refractivity contribution is -0.0355. The molecule has 0 atom stereocenters. The molecule has 3 N–H and O–H groups in total. The fourth-order valence-electron chi connectivity index (χ4n) is 8.82. The minimum absolute atomic E-state index is 0.00222. The molecule has 2 fully saturated rings. The van der Waals surface area contributed by atoms with Crippen LogP contribution < -0.4 is 14.4 Å². The number of ether oxygens (including phenoxy) is 1. The number of hydrogen-bond donors (Lipinski definition) is 3. The summed E-state index contributed by atoms with van der Waals surface area (Å²) in [6.45, 7) is 10.4. The Morgan fingerprint density at radius 3 is 2.40 bits per heavy atom. The van der Waals surface area contributed by atoms with Gasteiger partial charge in [0.05, 0.1) is 28.1 Å².